The van der Waals surface area contributed by atoms with Crippen LogP contribution in [0.1, 0.15) is 49.3 Å². The maximum atomic E-state index is 13.7. The molecule has 0 aromatic heterocycles. The number of methoxy groups -OCH3 is 1. The minimum atomic E-state index is -0.430. The molecule has 1 saturated carbocycles. The van der Waals surface area contributed by atoms with Crippen molar-refractivity contribution in [3.63, 3.8) is 0 Å². The SMILES string of the molecule is COc1ccc(C2(C(=O)C3CCOC3)CCC(C)C2)cc1OC1Cc2ccccc2C1. The van der Waals surface area contributed by atoms with E-state index in [1.165, 1.54) is 11.1 Å². The molecule has 0 radical (unpaired) electrons. The smallest absolute Gasteiger partial charge is 0.161 e. The van der Waals surface area contributed by atoms with Gasteiger partial charge in [-0.25, -0.2) is 0 Å². The van der Waals surface area contributed by atoms with E-state index in [2.05, 4.69) is 43.3 Å². The third-order valence-corrected chi connectivity index (χ3v) is 7.56. The molecular formula is C27H32O4. The van der Waals surface area contributed by atoms with Crippen molar-refractivity contribution in [1.82, 2.24) is 0 Å². The molecule has 0 amide bonds. The molecule has 2 fully saturated rings. The predicted octanol–water partition coefficient (Wildman–Crippen LogP) is 4.90. The number of Topliss-reactive ketones (excluding diaryl/α,β-unsaturated/α-hetero) is 1. The molecule has 2 aromatic carbocycles. The molecule has 4 heteroatoms. The van der Waals surface area contributed by atoms with E-state index < -0.39 is 5.41 Å². The lowest BCUT2D eigenvalue weighted by atomic mass is 9.70. The van der Waals surface area contributed by atoms with Crippen molar-refractivity contribution < 1.29 is 19.0 Å². The maximum Gasteiger partial charge on any atom is 0.161 e. The van der Waals surface area contributed by atoms with E-state index in [9.17, 15) is 4.79 Å². The lowest BCUT2D eigenvalue weighted by Crippen LogP contribution is -2.38. The molecule has 0 spiro atoms. The Balaban J connectivity index is 1.45. The number of ether oxygens (including phenoxy) is 3. The van der Waals surface area contributed by atoms with E-state index in [4.69, 9.17) is 14.2 Å². The zero-order valence-corrected chi connectivity index (χ0v) is 18.6. The van der Waals surface area contributed by atoms with Crippen LogP contribution < -0.4 is 9.47 Å². The highest BCUT2D eigenvalue weighted by atomic mass is 16.5. The Kier molecular flexibility index (Phi) is 5.51. The van der Waals surface area contributed by atoms with Gasteiger partial charge in [0.1, 0.15) is 11.9 Å². The van der Waals surface area contributed by atoms with Crippen LogP contribution in [0.3, 0.4) is 0 Å². The normalized spacial score (nSPS) is 27.9. The van der Waals surface area contributed by atoms with Crippen LogP contribution in [0, 0.1) is 11.8 Å². The fourth-order valence-corrected chi connectivity index (χ4v) is 5.90. The van der Waals surface area contributed by atoms with Gasteiger partial charge in [0.05, 0.1) is 19.1 Å². The number of ketones is 1. The average molecular weight is 421 g/mol. The second-order valence-corrected chi connectivity index (χ2v) is 9.64. The Labute approximate surface area is 184 Å². The Morgan fingerprint density at radius 3 is 2.45 bits per heavy atom. The largest absolute Gasteiger partial charge is 0.493 e. The van der Waals surface area contributed by atoms with Crippen molar-refractivity contribution >= 4 is 5.78 Å². The van der Waals surface area contributed by atoms with Gasteiger partial charge in [-0.3, -0.25) is 4.79 Å². The van der Waals surface area contributed by atoms with Gasteiger partial charge in [0.2, 0.25) is 0 Å². The first-order valence-corrected chi connectivity index (χ1v) is 11.6. The van der Waals surface area contributed by atoms with Crippen molar-refractivity contribution in [1.29, 1.82) is 0 Å². The predicted molar refractivity (Wildman–Crippen MR) is 120 cm³/mol. The summed E-state index contributed by atoms with van der Waals surface area (Å²) in [5.41, 5.74) is 3.38. The monoisotopic (exact) mass is 420 g/mol. The number of hydrogen-bond acceptors (Lipinski definition) is 4. The van der Waals surface area contributed by atoms with E-state index in [1.54, 1.807) is 7.11 Å². The molecule has 0 N–H and O–H groups in total. The number of carbonyl (C=O) groups is 1. The molecule has 5 rings (SSSR count). The van der Waals surface area contributed by atoms with Crippen molar-refractivity contribution in [2.75, 3.05) is 20.3 Å². The van der Waals surface area contributed by atoms with Gasteiger partial charge in [-0.05, 0) is 60.4 Å². The fraction of sp³-hybridized carbons (Fsp3) is 0.519. The van der Waals surface area contributed by atoms with Crippen LogP contribution in [0.25, 0.3) is 0 Å². The fourth-order valence-electron chi connectivity index (χ4n) is 5.90. The van der Waals surface area contributed by atoms with Crippen LogP contribution in [0.2, 0.25) is 0 Å². The summed E-state index contributed by atoms with van der Waals surface area (Å²) in [6.45, 7) is 3.52. The number of benzene rings is 2. The number of carbonyl (C=O) groups excluding carboxylic acids is 1. The summed E-state index contributed by atoms with van der Waals surface area (Å²) < 4.78 is 17.7. The van der Waals surface area contributed by atoms with Crippen molar-refractivity contribution in [3.05, 3.63) is 59.2 Å². The molecule has 0 bridgehead atoms. The topological polar surface area (TPSA) is 44.8 Å². The summed E-state index contributed by atoms with van der Waals surface area (Å²) >= 11 is 0. The molecule has 1 saturated heterocycles. The lowest BCUT2D eigenvalue weighted by molar-refractivity contribution is -0.128. The molecule has 3 atom stereocenters. The van der Waals surface area contributed by atoms with Crippen molar-refractivity contribution in [3.8, 4) is 11.5 Å². The highest BCUT2D eigenvalue weighted by Gasteiger charge is 2.48. The highest BCUT2D eigenvalue weighted by Crippen LogP contribution is 2.49. The minimum Gasteiger partial charge on any atom is -0.493 e. The molecule has 1 aliphatic heterocycles. The zero-order valence-electron chi connectivity index (χ0n) is 18.6. The summed E-state index contributed by atoms with van der Waals surface area (Å²) in [5.74, 6) is 2.41. The first-order valence-electron chi connectivity index (χ1n) is 11.6. The van der Waals surface area contributed by atoms with E-state index in [1.807, 2.05) is 6.07 Å². The van der Waals surface area contributed by atoms with Crippen molar-refractivity contribution in [2.45, 2.75) is 57.0 Å². The van der Waals surface area contributed by atoms with Crippen molar-refractivity contribution in [2.24, 2.45) is 11.8 Å². The van der Waals surface area contributed by atoms with E-state index in [0.717, 1.165) is 55.6 Å². The standard InChI is InChI=1S/C27H32O4/c1-18-9-11-27(16-18,26(28)21-10-12-30-17-21)22-7-8-24(29-2)25(15-22)31-23-13-19-5-3-4-6-20(19)14-23/h3-8,15,18,21,23H,9-14,16-17H2,1-2H3. The third-order valence-electron chi connectivity index (χ3n) is 7.56. The Hall–Kier alpha value is -2.33. The molecule has 164 valence electrons. The Bertz CT molecular complexity index is 936. The van der Waals surface area contributed by atoms with Crippen LogP contribution in [-0.4, -0.2) is 32.2 Å². The average Bonchev–Trinajstić information content (AvgIpc) is 3.53. The van der Waals surface area contributed by atoms with Gasteiger partial charge in [-0.15, -0.1) is 0 Å². The molecule has 3 aliphatic rings. The summed E-state index contributed by atoms with van der Waals surface area (Å²) in [6.07, 6.45) is 5.65. The highest BCUT2D eigenvalue weighted by molar-refractivity contribution is 5.93. The summed E-state index contributed by atoms with van der Waals surface area (Å²) in [6, 6.07) is 14.7. The Morgan fingerprint density at radius 1 is 1.06 bits per heavy atom. The molecule has 1 heterocycles. The quantitative estimate of drug-likeness (QED) is 0.666. The number of fused-ring (bicyclic) bond motifs is 1. The van der Waals surface area contributed by atoms with Gasteiger partial charge in [-0.1, -0.05) is 37.3 Å². The molecule has 4 nitrogen and oxygen atoms in total. The first-order chi connectivity index (χ1) is 15.1. The second-order valence-electron chi connectivity index (χ2n) is 9.64. The van der Waals surface area contributed by atoms with Gasteiger partial charge in [0.15, 0.2) is 11.5 Å². The van der Waals surface area contributed by atoms with Gasteiger partial charge in [-0.2, -0.15) is 0 Å². The summed E-state index contributed by atoms with van der Waals surface area (Å²) in [7, 11) is 1.68. The van der Waals surface area contributed by atoms with E-state index in [0.29, 0.717) is 24.9 Å². The summed E-state index contributed by atoms with van der Waals surface area (Å²) in [4.78, 5) is 13.7. The maximum absolute atomic E-state index is 13.7. The van der Waals surface area contributed by atoms with Crippen LogP contribution >= 0.6 is 0 Å². The van der Waals surface area contributed by atoms with Gasteiger partial charge in [0.25, 0.3) is 0 Å². The molecule has 3 unspecified atom stereocenters. The van der Waals surface area contributed by atoms with Crippen LogP contribution in [0.4, 0.5) is 0 Å². The molecular weight excluding hydrogens is 388 g/mol. The van der Waals surface area contributed by atoms with Crippen LogP contribution in [-0.2, 0) is 27.8 Å². The third kappa shape index (κ3) is 3.76. The first kappa shape index (κ1) is 20.6. The van der Waals surface area contributed by atoms with Gasteiger partial charge in [0, 0.05) is 25.4 Å². The number of rotatable bonds is 6. The molecule has 31 heavy (non-hydrogen) atoms. The zero-order chi connectivity index (χ0) is 21.4. The van der Waals surface area contributed by atoms with E-state index in [-0.39, 0.29) is 12.0 Å². The summed E-state index contributed by atoms with van der Waals surface area (Å²) in [5, 5.41) is 0. The van der Waals surface area contributed by atoms with Gasteiger partial charge < -0.3 is 14.2 Å². The van der Waals surface area contributed by atoms with Crippen LogP contribution in [0.5, 0.6) is 11.5 Å². The van der Waals surface area contributed by atoms with E-state index >= 15 is 0 Å². The molecule has 2 aromatic rings. The minimum absolute atomic E-state index is 0.0149. The van der Waals surface area contributed by atoms with Gasteiger partial charge >= 0.3 is 0 Å². The Morgan fingerprint density at radius 2 is 1.84 bits per heavy atom. The lowest BCUT2D eigenvalue weighted by Gasteiger charge is -2.31. The van der Waals surface area contributed by atoms with Crippen LogP contribution in [0.15, 0.2) is 42.5 Å². The molecule has 2 aliphatic carbocycles. The second kappa shape index (κ2) is 8.31. The number of hydrogen-bond donors (Lipinski definition) is 0.